The summed E-state index contributed by atoms with van der Waals surface area (Å²) in [4.78, 5) is 7.50. The van der Waals surface area contributed by atoms with Crippen molar-refractivity contribution in [2.45, 2.75) is 18.8 Å². The van der Waals surface area contributed by atoms with Gasteiger partial charge >= 0.3 is 0 Å². The molecule has 112 valence electrons. The number of piperidine rings is 1. The second kappa shape index (κ2) is 5.75. The van der Waals surface area contributed by atoms with Crippen LogP contribution in [0.25, 0.3) is 22.2 Å². The third-order valence-electron chi connectivity index (χ3n) is 4.55. The first kappa shape index (κ1) is 13.8. The minimum Gasteiger partial charge on any atom is -0.346 e. The van der Waals surface area contributed by atoms with Crippen molar-refractivity contribution in [3.05, 3.63) is 53.3 Å². The molecule has 3 heterocycles. The van der Waals surface area contributed by atoms with Gasteiger partial charge in [0.1, 0.15) is 5.65 Å². The average molecular weight is 312 g/mol. The van der Waals surface area contributed by atoms with Crippen LogP contribution in [0.1, 0.15) is 24.3 Å². The summed E-state index contributed by atoms with van der Waals surface area (Å²) in [6, 6.07) is 10.6. The molecule has 0 aliphatic carbocycles. The fourth-order valence-corrected chi connectivity index (χ4v) is 3.71. The summed E-state index contributed by atoms with van der Waals surface area (Å²) in [5.74, 6) is 0.576. The zero-order valence-electron chi connectivity index (χ0n) is 12.3. The van der Waals surface area contributed by atoms with E-state index in [1.54, 1.807) is 0 Å². The van der Waals surface area contributed by atoms with E-state index < -0.39 is 0 Å². The molecule has 0 spiro atoms. The lowest BCUT2D eigenvalue weighted by atomic mass is 9.89. The first-order valence-electron chi connectivity index (χ1n) is 7.75. The molecule has 0 bridgehead atoms. The molecule has 22 heavy (non-hydrogen) atoms. The molecule has 0 unspecified atom stereocenters. The summed E-state index contributed by atoms with van der Waals surface area (Å²) in [6.45, 7) is 2.16. The second-order valence-electron chi connectivity index (χ2n) is 5.86. The fourth-order valence-electron chi connectivity index (χ4n) is 3.37. The Bertz CT molecular complexity index is 803. The number of rotatable bonds is 2. The minimum absolute atomic E-state index is 0.576. The summed E-state index contributed by atoms with van der Waals surface area (Å²) < 4.78 is 0. The van der Waals surface area contributed by atoms with Crippen LogP contribution in [0, 0.1) is 0 Å². The highest BCUT2D eigenvalue weighted by molar-refractivity contribution is 6.31. The summed E-state index contributed by atoms with van der Waals surface area (Å²) in [6.07, 6.45) is 6.09. The predicted octanol–water partition coefficient (Wildman–Crippen LogP) is 4.35. The standard InChI is InChI=1S/C18H18ClN3/c19-17-11-13(1-2-15(17)12-3-7-20-8-4-12)14-5-9-21-18-16(14)6-10-22-18/h1-2,5-6,9-12,20H,3-4,7-8H2,(H,21,22). The maximum Gasteiger partial charge on any atom is 0.137 e. The number of pyridine rings is 1. The van der Waals surface area contributed by atoms with Gasteiger partial charge in [0, 0.05) is 22.8 Å². The van der Waals surface area contributed by atoms with Gasteiger partial charge in [-0.15, -0.1) is 0 Å². The number of H-pyrrole nitrogens is 1. The molecule has 1 aromatic carbocycles. The summed E-state index contributed by atoms with van der Waals surface area (Å²) in [7, 11) is 0. The van der Waals surface area contributed by atoms with E-state index in [4.69, 9.17) is 11.6 Å². The van der Waals surface area contributed by atoms with Crippen LogP contribution in [-0.4, -0.2) is 23.1 Å². The maximum atomic E-state index is 6.59. The van der Waals surface area contributed by atoms with Crippen LogP contribution in [0.2, 0.25) is 5.02 Å². The number of aromatic nitrogens is 2. The Balaban J connectivity index is 1.74. The molecule has 0 atom stereocenters. The molecular formula is C18H18ClN3. The van der Waals surface area contributed by atoms with Crippen LogP contribution in [0.4, 0.5) is 0 Å². The van der Waals surface area contributed by atoms with E-state index in [0.29, 0.717) is 5.92 Å². The highest BCUT2D eigenvalue weighted by Crippen LogP contribution is 2.35. The minimum atomic E-state index is 0.576. The van der Waals surface area contributed by atoms with Crippen molar-refractivity contribution >= 4 is 22.6 Å². The smallest absolute Gasteiger partial charge is 0.137 e. The monoisotopic (exact) mass is 311 g/mol. The molecule has 1 aliphatic rings. The van der Waals surface area contributed by atoms with Gasteiger partial charge in [0.2, 0.25) is 0 Å². The highest BCUT2D eigenvalue weighted by atomic mass is 35.5. The van der Waals surface area contributed by atoms with Gasteiger partial charge in [-0.25, -0.2) is 4.98 Å². The van der Waals surface area contributed by atoms with Gasteiger partial charge in [-0.1, -0.05) is 23.7 Å². The lowest BCUT2D eigenvalue weighted by Crippen LogP contribution is -2.26. The van der Waals surface area contributed by atoms with Crippen molar-refractivity contribution in [1.82, 2.24) is 15.3 Å². The van der Waals surface area contributed by atoms with Gasteiger partial charge in [0.05, 0.1) is 0 Å². The Kier molecular flexibility index (Phi) is 3.60. The normalized spacial score (nSPS) is 16.2. The third-order valence-corrected chi connectivity index (χ3v) is 4.88. The van der Waals surface area contributed by atoms with Gasteiger partial charge in [0.25, 0.3) is 0 Å². The Morgan fingerprint density at radius 3 is 2.77 bits per heavy atom. The summed E-state index contributed by atoms with van der Waals surface area (Å²) in [5, 5.41) is 5.42. The molecule has 0 amide bonds. The molecule has 4 rings (SSSR count). The van der Waals surface area contributed by atoms with Gasteiger partial charge in [-0.3, -0.25) is 0 Å². The molecule has 3 aromatic rings. The van der Waals surface area contributed by atoms with Gasteiger partial charge in [-0.05, 0) is 66.7 Å². The van der Waals surface area contributed by atoms with Crippen molar-refractivity contribution < 1.29 is 0 Å². The molecule has 0 saturated carbocycles. The van der Waals surface area contributed by atoms with Crippen molar-refractivity contribution in [2.75, 3.05) is 13.1 Å². The highest BCUT2D eigenvalue weighted by Gasteiger charge is 2.18. The number of hydrogen-bond donors (Lipinski definition) is 2. The summed E-state index contributed by atoms with van der Waals surface area (Å²) >= 11 is 6.59. The van der Waals surface area contributed by atoms with Crippen LogP contribution in [0.5, 0.6) is 0 Å². The van der Waals surface area contributed by atoms with Crippen LogP contribution < -0.4 is 5.32 Å². The SMILES string of the molecule is Clc1cc(-c2ccnc3[nH]ccc23)ccc1C1CCNCC1. The fraction of sp³-hybridized carbons (Fsp3) is 0.278. The maximum absolute atomic E-state index is 6.59. The molecule has 4 heteroatoms. The number of nitrogens with zero attached hydrogens (tertiary/aromatic N) is 1. The lowest BCUT2D eigenvalue weighted by molar-refractivity contribution is 0.460. The van der Waals surface area contributed by atoms with E-state index in [2.05, 4.69) is 39.6 Å². The number of aromatic amines is 1. The van der Waals surface area contributed by atoms with Gasteiger partial charge in [-0.2, -0.15) is 0 Å². The lowest BCUT2D eigenvalue weighted by Gasteiger charge is -2.24. The van der Waals surface area contributed by atoms with Crippen LogP contribution in [0.3, 0.4) is 0 Å². The first-order valence-corrected chi connectivity index (χ1v) is 8.13. The molecule has 1 fully saturated rings. The van der Waals surface area contributed by atoms with Crippen molar-refractivity contribution in [2.24, 2.45) is 0 Å². The number of fused-ring (bicyclic) bond motifs is 1. The summed E-state index contributed by atoms with van der Waals surface area (Å²) in [5.41, 5.74) is 4.52. The first-order chi connectivity index (χ1) is 10.8. The average Bonchev–Trinajstić information content (AvgIpc) is 3.04. The van der Waals surface area contributed by atoms with Crippen LogP contribution in [-0.2, 0) is 0 Å². The second-order valence-corrected chi connectivity index (χ2v) is 6.27. The van der Waals surface area contributed by atoms with Crippen molar-refractivity contribution in [3.8, 4) is 11.1 Å². The zero-order chi connectivity index (χ0) is 14.9. The van der Waals surface area contributed by atoms with Crippen LogP contribution in [0.15, 0.2) is 42.7 Å². The largest absolute Gasteiger partial charge is 0.346 e. The number of benzene rings is 1. The molecule has 1 aliphatic heterocycles. The van der Waals surface area contributed by atoms with E-state index in [1.165, 1.54) is 11.1 Å². The quantitative estimate of drug-likeness (QED) is 0.738. The Hall–Kier alpha value is -1.84. The van der Waals surface area contributed by atoms with E-state index in [1.807, 2.05) is 18.5 Å². The topological polar surface area (TPSA) is 40.7 Å². The third kappa shape index (κ3) is 2.40. The van der Waals surface area contributed by atoms with Gasteiger partial charge in [0.15, 0.2) is 0 Å². The molecule has 1 saturated heterocycles. The molecule has 0 radical (unpaired) electrons. The zero-order valence-corrected chi connectivity index (χ0v) is 13.0. The van der Waals surface area contributed by atoms with Crippen molar-refractivity contribution in [3.63, 3.8) is 0 Å². The van der Waals surface area contributed by atoms with Crippen LogP contribution >= 0.6 is 11.6 Å². The molecule has 3 nitrogen and oxygen atoms in total. The number of nitrogens with one attached hydrogen (secondary N) is 2. The van der Waals surface area contributed by atoms with E-state index >= 15 is 0 Å². The van der Waals surface area contributed by atoms with E-state index in [0.717, 1.165) is 47.6 Å². The van der Waals surface area contributed by atoms with E-state index in [-0.39, 0.29) is 0 Å². The Morgan fingerprint density at radius 1 is 1.09 bits per heavy atom. The predicted molar refractivity (Wildman–Crippen MR) is 91.4 cm³/mol. The number of halogens is 1. The van der Waals surface area contributed by atoms with Crippen molar-refractivity contribution in [1.29, 1.82) is 0 Å². The Labute approximate surface area is 134 Å². The molecule has 2 N–H and O–H groups in total. The van der Waals surface area contributed by atoms with Gasteiger partial charge < -0.3 is 10.3 Å². The van der Waals surface area contributed by atoms with E-state index in [9.17, 15) is 0 Å². The Morgan fingerprint density at radius 2 is 1.95 bits per heavy atom. The number of hydrogen-bond acceptors (Lipinski definition) is 2. The molecular weight excluding hydrogens is 294 g/mol. The molecule has 2 aromatic heterocycles.